The van der Waals surface area contributed by atoms with Crippen LogP contribution in [0.25, 0.3) is 22.0 Å². The van der Waals surface area contributed by atoms with Gasteiger partial charge < -0.3 is 25.3 Å². The zero-order valence-corrected chi connectivity index (χ0v) is 24.4. The SMILES string of the molecule is CCN1CCN(Cc2ccc3c(c2)c(-c2ccc(OC(F)(F)F)cc2)cn3CCCCC(=O)C2(N)CCNCC2)CC1. The number of ether oxygens (including phenoxy) is 1. The van der Waals surface area contributed by atoms with Crippen molar-refractivity contribution >= 4 is 16.7 Å². The van der Waals surface area contributed by atoms with Gasteiger partial charge >= 0.3 is 6.36 Å². The number of benzene rings is 2. The van der Waals surface area contributed by atoms with Gasteiger partial charge in [-0.1, -0.05) is 25.1 Å². The van der Waals surface area contributed by atoms with Gasteiger partial charge in [0, 0.05) is 68.4 Å². The number of nitrogens with zero attached hydrogens (tertiary/aromatic N) is 3. The molecule has 5 rings (SSSR count). The number of halogens is 3. The van der Waals surface area contributed by atoms with E-state index in [9.17, 15) is 18.0 Å². The largest absolute Gasteiger partial charge is 0.573 e. The topological polar surface area (TPSA) is 75.8 Å². The van der Waals surface area contributed by atoms with E-state index in [1.54, 1.807) is 12.1 Å². The van der Waals surface area contributed by atoms with Crippen LogP contribution in [0.2, 0.25) is 0 Å². The normalized spacial score (nSPS) is 18.4. The molecule has 2 aliphatic rings. The van der Waals surface area contributed by atoms with Crippen molar-refractivity contribution in [1.29, 1.82) is 0 Å². The molecule has 2 saturated heterocycles. The van der Waals surface area contributed by atoms with E-state index in [0.717, 1.165) is 93.8 Å². The van der Waals surface area contributed by atoms with E-state index in [1.165, 1.54) is 17.7 Å². The van der Waals surface area contributed by atoms with Crippen LogP contribution in [0.4, 0.5) is 13.2 Å². The summed E-state index contributed by atoms with van der Waals surface area (Å²) < 4.78 is 44.4. The zero-order valence-electron chi connectivity index (χ0n) is 24.4. The van der Waals surface area contributed by atoms with Crippen LogP contribution in [0.5, 0.6) is 5.75 Å². The fourth-order valence-electron chi connectivity index (χ4n) is 6.18. The predicted molar refractivity (Wildman–Crippen MR) is 159 cm³/mol. The van der Waals surface area contributed by atoms with Gasteiger partial charge in [-0.05, 0) is 80.7 Å². The lowest BCUT2D eigenvalue weighted by Gasteiger charge is -2.34. The first-order valence-electron chi connectivity index (χ1n) is 15.1. The Hall–Kier alpha value is -2.92. The van der Waals surface area contributed by atoms with Gasteiger partial charge in [-0.2, -0.15) is 0 Å². The second kappa shape index (κ2) is 13.2. The third-order valence-electron chi connectivity index (χ3n) is 8.77. The van der Waals surface area contributed by atoms with Gasteiger partial charge in [-0.25, -0.2) is 0 Å². The highest BCUT2D eigenvalue weighted by molar-refractivity contribution is 5.96. The number of unbranched alkanes of at least 4 members (excludes halogenated alkanes) is 1. The van der Waals surface area contributed by atoms with Crippen LogP contribution in [0.15, 0.2) is 48.7 Å². The number of carbonyl (C=O) groups excluding carboxylic acids is 1. The van der Waals surface area contributed by atoms with E-state index in [-0.39, 0.29) is 11.5 Å². The summed E-state index contributed by atoms with van der Waals surface area (Å²) >= 11 is 0. The number of hydrogen-bond acceptors (Lipinski definition) is 6. The van der Waals surface area contributed by atoms with E-state index in [1.807, 2.05) is 0 Å². The van der Waals surface area contributed by atoms with Gasteiger partial charge in [0.15, 0.2) is 5.78 Å². The maximum absolute atomic E-state index is 12.8. The number of hydrogen-bond donors (Lipinski definition) is 2. The lowest BCUT2D eigenvalue weighted by Crippen LogP contribution is -2.54. The van der Waals surface area contributed by atoms with E-state index >= 15 is 0 Å². The molecule has 0 radical (unpaired) electrons. The lowest BCUT2D eigenvalue weighted by molar-refractivity contribution is -0.274. The second-order valence-corrected chi connectivity index (χ2v) is 11.7. The van der Waals surface area contributed by atoms with Gasteiger partial charge in [0.05, 0.1) is 5.54 Å². The Morgan fingerprint density at radius 1 is 1.00 bits per heavy atom. The molecule has 0 aliphatic carbocycles. The molecule has 1 aromatic heterocycles. The second-order valence-electron chi connectivity index (χ2n) is 11.7. The molecule has 228 valence electrons. The number of carbonyl (C=O) groups is 1. The van der Waals surface area contributed by atoms with Crippen molar-refractivity contribution in [3.8, 4) is 16.9 Å². The lowest BCUT2D eigenvalue weighted by atomic mass is 9.83. The van der Waals surface area contributed by atoms with E-state index in [4.69, 9.17) is 5.73 Å². The van der Waals surface area contributed by atoms with Crippen LogP contribution in [-0.4, -0.2) is 77.9 Å². The smallest absolute Gasteiger partial charge is 0.406 e. The third kappa shape index (κ3) is 7.53. The number of piperidine rings is 1. The van der Waals surface area contributed by atoms with Crippen LogP contribution in [0.3, 0.4) is 0 Å². The molecule has 0 atom stereocenters. The Labute approximate surface area is 245 Å². The summed E-state index contributed by atoms with van der Waals surface area (Å²) in [6, 6.07) is 12.6. The molecule has 0 amide bonds. The molecule has 10 heteroatoms. The third-order valence-corrected chi connectivity index (χ3v) is 8.77. The number of aryl methyl sites for hydroxylation is 1. The number of aromatic nitrogens is 1. The summed E-state index contributed by atoms with van der Waals surface area (Å²) in [6.45, 7) is 10.6. The predicted octanol–water partition coefficient (Wildman–Crippen LogP) is 5.16. The summed E-state index contributed by atoms with van der Waals surface area (Å²) in [5.74, 6) is -0.0920. The van der Waals surface area contributed by atoms with Crippen LogP contribution in [-0.2, 0) is 17.9 Å². The zero-order chi connectivity index (χ0) is 29.7. The maximum atomic E-state index is 12.8. The number of nitrogens with one attached hydrogen (secondary N) is 1. The highest BCUT2D eigenvalue weighted by Crippen LogP contribution is 2.34. The van der Waals surface area contributed by atoms with Gasteiger partial charge in [-0.15, -0.1) is 13.2 Å². The first-order chi connectivity index (χ1) is 20.1. The number of Topliss-reactive ketones (excluding diaryl/α,β-unsaturated/α-hetero) is 1. The number of likely N-dealkylation sites (N-methyl/N-ethyl adjacent to an activating group) is 1. The van der Waals surface area contributed by atoms with Crippen molar-refractivity contribution in [3.05, 3.63) is 54.2 Å². The van der Waals surface area contributed by atoms with Crippen LogP contribution < -0.4 is 15.8 Å². The molecule has 7 nitrogen and oxygen atoms in total. The fourth-order valence-corrected chi connectivity index (χ4v) is 6.18. The summed E-state index contributed by atoms with van der Waals surface area (Å²) in [7, 11) is 0. The number of rotatable bonds is 11. The summed E-state index contributed by atoms with van der Waals surface area (Å²) in [5.41, 5.74) is 9.77. The number of piperazine rings is 1. The summed E-state index contributed by atoms with van der Waals surface area (Å²) in [5, 5.41) is 4.33. The standard InChI is InChI=1S/C32H42F3N5O2/c1-2-38-17-19-39(20-18-38)22-24-6-11-29-27(21-24)28(25-7-9-26(10-8-25)42-32(33,34)35)23-40(29)16-4-3-5-30(41)31(36)12-14-37-15-13-31/h6-11,21,23,37H,2-5,12-20,22,36H2,1H3. The van der Waals surface area contributed by atoms with Crippen molar-refractivity contribution in [2.45, 2.75) is 64.0 Å². The van der Waals surface area contributed by atoms with E-state index in [2.05, 4.69) is 55.7 Å². The van der Waals surface area contributed by atoms with Crippen LogP contribution in [0.1, 0.15) is 44.6 Å². The van der Waals surface area contributed by atoms with Crippen LogP contribution >= 0.6 is 0 Å². The Balaban J connectivity index is 1.33. The monoisotopic (exact) mass is 585 g/mol. The Kier molecular flexibility index (Phi) is 9.57. The molecule has 3 N–H and O–H groups in total. The molecule has 0 spiro atoms. The molecule has 0 bridgehead atoms. The minimum absolute atomic E-state index is 0.146. The molecular formula is C32H42F3N5O2. The van der Waals surface area contributed by atoms with Crippen molar-refractivity contribution in [2.75, 3.05) is 45.8 Å². The van der Waals surface area contributed by atoms with Crippen molar-refractivity contribution in [3.63, 3.8) is 0 Å². The average molecular weight is 586 g/mol. The number of nitrogens with two attached hydrogens (primary N) is 1. The molecule has 2 fully saturated rings. The molecule has 42 heavy (non-hydrogen) atoms. The Morgan fingerprint density at radius 2 is 1.69 bits per heavy atom. The highest BCUT2D eigenvalue weighted by Gasteiger charge is 2.34. The van der Waals surface area contributed by atoms with Gasteiger partial charge in [-0.3, -0.25) is 9.69 Å². The molecule has 0 saturated carbocycles. The quantitative estimate of drug-likeness (QED) is 0.303. The number of ketones is 1. The number of alkyl halides is 3. The highest BCUT2D eigenvalue weighted by atomic mass is 19.4. The first kappa shape index (κ1) is 30.5. The maximum Gasteiger partial charge on any atom is 0.573 e. The molecular weight excluding hydrogens is 543 g/mol. The summed E-state index contributed by atoms with van der Waals surface area (Å²) in [6.07, 6.45) is 0.762. The number of fused-ring (bicyclic) bond motifs is 1. The van der Waals surface area contributed by atoms with Crippen molar-refractivity contribution < 1.29 is 22.7 Å². The first-order valence-corrected chi connectivity index (χ1v) is 15.1. The van der Waals surface area contributed by atoms with Gasteiger partial charge in [0.25, 0.3) is 0 Å². The average Bonchev–Trinajstić information content (AvgIpc) is 3.33. The minimum atomic E-state index is -4.73. The Morgan fingerprint density at radius 3 is 2.36 bits per heavy atom. The molecule has 3 heterocycles. The van der Waals surface area contributed by atoms with E-state index in [0.29, 0.717) is 19.3 Å². The van der Waals surface area contributed by atoms with Gasteiger partial charge in [0.1, 0.15) is 5.75 Å². The summed E-state index contributed by atoms with van der Waals surface area (Å²) in [4.78, 5) is 17.8. The molecule has 0 unspecified atom stereocenters. The van der Waals surface area contributed by atoms with Crippen molar-refractivity contribution in [2.24, 2.45) is 5.73 Å². The molecule has 2 aliphatic heterocycles. The molecule has 3 aromatic rings. The Bertz CT molecular complexity index is 1340. The fraction of sp³-hybridized carbons (Fsp3) is 0.531. The van der Waals surface area contributed by atoms with Gasteiger partial charge in [0.2, 0.25) is 0 Å². The van der Waals surface area contributed by atoms with Crippen molar-refractivity contribution in [1.82, 2.24) is 19.7 Å². The van der Waals surface area contributed by atoms with Crippen LogP contribution in [0, 0.1) is 0 Å². The minimum Gasteiger partial charge on any atom is -0.406 e. The van der Waals surface area contributed by atoms with E-state index < -0.39 is 11.9 Å². The molecule has 2 aromatic carbocycles.